The molecule has 0 fully saturated rings. The van der Waals surface area contributed by atoms with Gasteiger partial charge < -0.3 is 19.7 Å². The lowest BCUT2D eigenvalue weighted by Gasteiger charge is -2.20. The summed E-state index contributed by atoms with van der Waals surface area (Å²) in [5.41, 5.74) is 0. The molecule has 20 heavy (non-hydrogen) atoms. The lowest BCUT2D eigenvalue weighted by atomic mass is 10.5. The van der Waals surface area contributed by atoms with Crippen LogP contribution in [0.25, 0.3) is 0 Å². The lowest BCUT2D eigenvalue weighted by Crippen LogP contribution is -2.29. The van der Waals surface area contributed by atoms with Crippen LogP contribution in [0.5, 0.6) is 0 Å². The molecule has 0 heterocycles. The van der Waals surface area contributed by atoms with E-state index in [9.17, 15) is 10.2 Å². The third-order valence-corrected chi connectivity index (χ3v) is 5.67. The molecule has 2 N–H and O–H groups in total. The minimum absolute atomic E-state index is 0.0128. The Kier molecular flexibility index (Phi) is 11.3. The number of ether oxygens (including phenoxy) is 2. The van der Waals surface area contributed by atoms with E-state index in [0.29, 0.717) is 7.16 Å². The Bertz CT molecular complexity index is 311. The largest absolute Gasteiger partial charge is 0.365 e. The summed E-state index contributed by atoms with van der Waals surface area (Å²) < 4.78 is 7.35. The normalized spacial score (nSPS) is 17.7. The van der Waals surface area contributed by atoms with Crippen LogP contribution in [-0.4, -0.2) is 43.6 Å². The van der Waals surface area contributed by atoms with E-state index in [2.05, 4.69) is 0 Å². The molecule has 12 heteroatoms. The number of aliphatic hydroxyl groups is 2. The first kappa shape index (κ1) is 22.8. The van der Waals surface area contributed by atoms with Crippen LogP contribution in [-0.2, 0) is 9.47 Å². The Morgan fingerprint density at radius 3 is 1.25 bits per heavy atom. The molecular formula is C8H8Cl6I2O4. The van der Waals surface area contributed by atoms with E-state index < -0.39 is 20.2 Å². The second-order valence-corrected chi connectivity index (χ2v) is 10.6. The molecule has 0 aliphatic heterocycles. The highest BCUT2D eigenvalue weighted by Crippen LogP contribution is 2.33. The van der Waals surface area contributed by atoms with Gasteiger partial charge in [-0.15, -0.1) is 0 Å². The van der Waals surface area contributed by atoms with Gasteiger partial charge in [0.05, 0.1) is 13.2 Å². The molecular weight excluding hydrogens is 627 g/mol. The van der Waals surface area contributed by atoms with E-state index in [1.165, 1.54) is 0 Å². The summed E-state index contributed by atoms with van der Waals surface area (Å²) >= 11 is 36.5. The van der Waals surface area contributed by atoms with Crippen molar-refractivity contribution < 1.29 is 19.7 Å². The minimum Gasteiger partial charge on any atom is -0.365 e. The molecule has 0 aromatic carbocycles. The minimum atomic E-state index is -1.94. The lowest BCUT2D eigenvalue weighted by molar-refractivity contribution is -0.0889. The molecule has 2 atom stereocenters. The van der Waals surface area contributed by atoms with Gasteiger partial charge in [-0.05, 0) is 45.2 Å². The number of alkyl halides is 6. The van der Waals surface area contributed by atoms with E-state index in [1.54, 1.807) is 0 Å². The SMILES string of the molecule is O[C@H](OC/C(I)=C(/I)CO[C@H](O)C(Cl)(Cl)Cl)C(Cl)(Cl)Cl. The molecule has 0 bridgehead atoms. The molecule has 0 amide bonds. The summed E-state index contributed by atoms with van der Waals surface area (Å²) in [6.07, 6.45) is -3.15. The van der Waals surface area contributed by atoms with Gasteiger partial charge in [-0.25, -0.2) is 0 Å². The first-order valence-electron chi connectivity index (χ1n) is 4.61. The maximum absolute atomic E-state index is 9.37. The molecule has 0 saturated carbocycles. The molecule has 120 valence electrons. The van der Waals surface area contributed by atoms with E-state index in [4.69, 9.17) is 79.1 Å². The second kappa shape index (κ2) is 9.93. The number of hydrogen-bond acceptors (Lipinski definition) is 4. The Labute approximate surface area is 173 Å². The van der Waals surface area contributed by atoms with Crippen molar-refractivity contribution in [1.29, 1.82) is 0 Å². The predicted molar refractivity (Wildman–Crippen MR) is 99.6 cm³/mol. The van der Waals surface area contributed by atoms with Gasteiger partial charge in [0.15, 0.2) is 0 Å². The van der Waals surface area contributed by atoms with Crippen molar-refractivity contribution >= 4 is 115 Å². The first-order valence-corrected chi connectivity index (χ1v) is 9.04. The average Bonchev–Trinajstić information content (AvgIpc) is 2.29. The number of aliphatic hydroxyl groups excluding tert-OH is 2. The summed E-state index contributed by atoms with van der Waals surface area (Å²) in [6.45, 7) is -0.0255. The monoisotopic (exact) mass is 632 g/mol. The Balaban J connectivity index is 4.33. The van der Waals surface area contributed by atoms with Crippen LogP contribution in [0.15, 0.2) is 7.16 Å². The zero-order valence-corrected chi connectivity index (χ0v) is 18.2. The average molecular weight is 635 g/mol. The van der Waals surface area contributed by atoms with Gasteiger partial charge in [-0.3, -0.25) is 0 Å². The summed E-state index contributed by atoms with van der Waals surface area (Å²) in [6, 6.07) is 0. The highest BCUT2D eigenvalue weighted by molar-refractivity contribution is 14.1. The quantitative estimate of drug-likeness (QED) is 0.257. The van der Waals surface area contributed by atoms with Crippen LogP contribution in [0, 0.1) is 0 Å². The third-order valence-electron chi connectivity index (χ3n) is 1.59. The van der Waals surface area contributed by atoms with Crippen molar-refractivity contribution in [2.24, 2.45) is 0 Å². The fourth-order valence-electron chi connectivity index (χ4n) is 0.650. The highest BCUT2D eigenvalue weighted by Gasteiger charge is 2.33. The Morgan fingerprint density at radius 1 is 0.800 bits per heavy atom. The fraction of sp³-hybridized carbons (Fsp3) is 0.750. The second-order valence-electron chi connectivity index (χ2n) is 3.22. The van der Waals surface area contributed by atoms with Gasteiger partial charge in [0.1, 0.15) is 0 Å². The van der Waals surface area contributed by atoms with E-state index in [0.717, 1.165) is 0 Å². The Hall–Kier alpha value is 2.78. The van der Waals surface area contributed by atoms with Crippen molar-refractivity contribution in [1.82, 2.24) is 0 Å². The summed E-state index contributed by atoms with van der Waals surface area (Å²) in [7, 11) is 0. The summed E-state index contributed by atoms with van der Waals surface area (Å²) in [4.78, 5) is 0. The molecule has 0 saturated heterocycles. The van der Waals surface area contributed by atoms with Gasteiger partial charge in [-0.1, -0.05) is 69.6 Å². The molecule has 0 spiro atoms. The van der Waals surface area contributed by atoms with Crippen LogP contribution >= 0.6 is 115 Å². The van der Waals surface area contributed by atoms with Crippen LogP contribution in [0.2, 0.25) is 0 Å². The van der Waals surface area contributed by atoms with Crippen molar-refractivity contribution in [2.45, 2.75) is 20.2 Å². The van der Waals surface area contributed by atoms with Crippen molar-refractivity contribution in [2.75, 3.05) is 13.2 Å². The van der Waals surface area contributed by atoms with Crippen molar-refractivity contribution in [3.8, 4) is 0 Å². The smallest absolute Gasteiger partial charge is 0.240 e. The van der Waals surface area contributed by atoms with Gasteiger partial charge in [0.2, 0.25) is 20.2 Å². The molecule has 0 aromatic heterocycles. The predicted octanol–water partition coefficient (Wildman–Crippen LogP) is 4.48. The fourth-order valence-corrected chi connectivity index (χ4v) is 1.70. The van der Waals surface area contributed by atoms with Gasteiger partial charge in [-0.2, -0.15) is 0 Å². The molecule has 0 aromatic rings. The standard InChI is InChI=1S/C8H8Cl6I2O4/c9-7(10,11)5(17)19-1-3(15)4(16)2-20-6(18)8(12,13)14/h5-6,17-18H,1-2H2/b4-3-/t5-,6+. The molecule has 0 rings (SSSR count). The number of halogens is 8. The summed E-state index contributed by atoms with van der Waals surface area (Å²) in [5, 5.41) is 18.7. The van der Waals surface area contributed by atoms with Gasteiger partial charge in [0, 0.05) is 7.16 Å². The van der Waals surface area contributed by atoms with Gasteiger partial charge in [0.25, 0.3) is 0 Å². The maximum atomic E-state index is 9.37. The summed E-state index contributed by atoms with van der Waals surface area (Å²) in [5.74, 6) is 0. The number of rotatable bonds is 6. The molecule has 0 radical (unpaired) electrons. The molecule has 0 aliphatic rings. The van der Waals surface area contributed by atoms with E-state index in [1.807, 2.05) is 45.2 Å². The van der Waals surface area contributed by atoms with E-state index in [-0.39, 0.29) is 13.2 Å². The molecule has 4 nitrogen and oxygen atoms in total. The van der Waals surface area contributed by atoms with Crippen LogP contribution in [0.1, 0.15) is 0 Å². The van der Waals surface area contributed by atoms with Crippen molar-refractivity contribution in [3.63, 3.8) is 0 Å². The number of hydrogen-bond donors (Lipinski definition) is 2. The van der Waals surface area contributed by atoms with Crippen LogP contribution in [0.4, 0.5) is 0 Å². The Morgan fingerprint density at radius 2 is 1.05 bits per heavy atom. The molecule has 0 unspecified atom stereocenters. The van der Waals surface area contributed by atoms with Crippen LogP contribution in [0.3, 0.4) is 0 Å². The van der Waals surface area contributed by atoms with Crippen molar-refractivity contribution in [3.05, 3.63) is 7.16 Å². The zero-order chi connectivity index (χ0) is 16.1. The van der Waals surface area contributed by atoms with Crippen LogP contribution < -0.4 is 0 Å². The maximum Gasteiger partial charge on any atom is 0.240 e. The first-order chi connectivity index (χ1) is 8.85. The third kappa shape index (κ3) is 9.82. The van der Waals surface area contributed by atoms with Gasteiger partial charge >= 0.3 is 0 Å². The molecule has 0 aliphatic carbocycles. The highest BCUT2D eigenvalue weighted by atomic mass is 127. The topological polar surface area (TPSA) is 58.9 Å². The zero-order valence-electron chi connectivity index (χ0n) is 9.30. The van der Waals surface area contributed by atoms with E-state index >= 15 is 0 Å².